The second kappa shape index (κ2) is 8.34. The maximum Gasteiger partial charge on any atom is 0.183 e. The van der Waals surface area contributed by atoms with Crippen LogP contribution in [-0.2, 0) is 0 Å². The summed E-state index contributed by atoms with van der Waals surface area (Å²) < 4.78 is 0. The Morgan fingerprint density at radius 3 is 2.61 bits per heavy atom. The van der Waals surface area contributed by atoms with Gasteiger partial charge in [0, 0.05) is 16.8 Å². The van der Waals surface area contributed by atoms with E-state index in [1.165, 1.54) is 5.57 Å². The van der Waals surface area contributed by atoms with E-state index in [1.807, 2.05) is 42.6 Å². The number of nitrogens with zero attached hydrogens (tertiary/aromatic N) is 1. The highest BCUT2D eigenvalue weighted by atomic mass is 32.2. The van der Waals surface area contributed by atoms with Crippen molar-refractivity contribution in [1.82, 2.24) is 4.98 Å². The fraction of sp³-hybridized carbons (Fsp3) is 0.278. The van der Waals surface area contributed by atoms with E-state index in [0.29, 0.717) is 6.54 Å². The summed E-state index contributed by atoms with van der Waals surface area (Å²) in [6, 6.07) is 9.64. The third-order valence-electron chi connectivity index (χ3n) is 3.10. The number of thioether (sulfide) groups is 1. The van der Waals surface area contributed by atoms with Crippen LogP contribution in [0.15, 0.2) is 52.8 Å². The van der Waals surface area contributed by atoms with Crippen LogP contribution in [0.5, 0.6) is 0 Å². The van der Waals surface area contributed by atoms with E-state index in [-0.39, 0.29) is 0 Å². The molecule has 0 spiro atoms. The summed E-state index contributed by atoms with van der Waals surface area (Å²) in [7, 11) is 0. The molecule has 2 rings (SSSR count). The summed E-state index contributed by atoms with van der Waals surface area (Å²) in [5.74, 6) is 0. The molecule has 1 aromatic heterocycles. The maximum atomic E-state index is 10.2. The van der Waals surface area contributed by atoms with Gasteiger partial charge in [-0.15, -0.1) is 11.3 Å². The Balaban J connectivity index is 2.02. The number of hydrogen-bond acceptors (Lipinski definition) is 5. The lowest BCUT2D eigenvalue weighted by Crippen LogP contribution is -2.11. The Morgan fingerprint density at radius 2 is 2.00 bits per heavy atom. The molecule has 2 N–H and O–H groups in total. The van der Waals surface area contributed by atoms with Gasteiger partial charge in [-0.25, -0.2) is 4.98 Å². The number of aliphatic hydroxyl groups is 1. The molecule has 1 aromatic carbocycles. The van der Waals surface area contributed by atoms with E-state index in [2.05, 4.69) is 30.7 Å². The summed E-state index contributed by atoms with van der Waals surface area (Å²) in [5.41, 5.74) is 3.08. The van der Waals surface area contributed by atoms with Gasteiger partial charge < -0.3 is 10.4 Å². The van der Waals surface area contributed by atoms with E-state index in [0.717, 1.165) is 26.2 Å². The first-order chi connectivity index (χ1) is 11.0. The van der Waals surface area contributed by atoms with Crippen molar-refractivity contribution in [2.75, 3.05) is 11.9 Å². The third-order valence-corrected chi connectivity index (χ3v) is 5.07. The molecule has 0 fully saturated rings. The van der Waals surface area contributed by atoms with Gasteiger partial charge in [0.2, 0.25) is 0 Å². The predicted octanol–water partition coefficient (Wildman–Crippen LogP) is 5.31. The molecular weight excluding hydrogens is 324 g/mol. The topological polar surface area (TPSA) is 45.1 Å². The molecule has 0 saturated heterocycles. The molecule has 0 aliphatic carbocycles. The van der Waals surface area contributed by atoms with Crippen LogP contribution in [0.4, 0.5) is 5.13 Å². The van der Waals surface area contributed by atoms with Gasteiger partial charge in [0.15, 0.2) is 5.13 Å². The Kier molecular flexibility index (Phi) is 6.45. The first-order valence-corrected chi connectivity index (χ1v) is 9.10. The molecule has 1 atom stereocenters. The van der Waals surface area contributed by atoms with Gasteiger partial charge in [-0.05, 0) is 31.2 Å². The largest absolute Gasteiger partial charge is 0.387 e. The molecule has 0 bridgehead atoms. The third kappa shape index (κ3) is 5.23. The van der Waals surface area contributed by atoms with E-state index in [9.17, 15) is 5.11 Å². The van der Waals surface area contributed by atoms with Gasteiger partial charge >= 0.3 is 0 Å². The quantitative estimate of drug-likeness (QED) is 0.713. The molecule has 0 aliphatic rings. The smallest absolute Gasteiger partial charge is 0.183 e. The zero-order valence-corrected chi connectivity index (χ0v) is 15.3. The monoisotopic (exact) mass is 346 g/mol. The van der Waals surface area contributed by atoms with Crippen molar-refractivity contribution in [1.29, 1.82) is 0 Å². The normalized spacial score (nSPS) is 11.8. The standard InChI is InChI=1S/C18H22N2OS2/c1-12(2)17(23-13(3)4)15-11-22-18(20-15)19-10-16(21)14-8-6-5-7-9-14/h5-9,11,16,21H,3,10H2,1-2,4H3,(H,19,20). The van der Waals surface area contributed by atoms with Crippen LogP contribution in [0.3, 0.4) is 0 Å². The number of nitrogens with one attached hydrogen (secondary N) is 1. The molecule has 0 amide bonds. The fourth-order valence-electron chi connectivity index (χ4n) is 2.02. The fourth-order valence-corrected chi connectivity index (χ4v) is 3.57. The number of aromatic nitrogens is 1. The molecule has 3 nitrogen and oxygen atoms in total. The molecule has 0 saturated carbocycles. The SMILES string of the molecule is C=C(C)SC(=C(C)C)c1csc(NCC(O)c2ccccc2)n1. The first-order valence-electron chi connectivity index (χ1n) is 7.41. The number of allylic oxidation sites excluding steroid dienone is 2. The van der Waals surface area contributed by atoms with Gasteiger partial charge in [-0.1, -0.05) is 54.2 Å². The van der Waals surface area contributed by atoms with Crippen LogP contribution in [0.25, 0.3) is 4.91 Å². The Bertz CT molecular complexity index is 688. The second-order valence-electron chi connectivity index (χ2n) is 5.48. The second-order valence-corrected chi connectivity index (χ2v) is 7.65. The van der Waals surface area contributed by atoms with Gasteiger partial charge in [0.1, 0.15) is 0 Å². The molecule has 1 heterocycles. The van der Waals surface area contributed by atoms with Gasteiger partial charge in [-0.2, -0.15) is 0 Å². The predicted molar refractivity (Wildman–Crippen MR) is 103 cm³/mol. The molecule has 2 aromatic rings. The number of thiazole rings is 1. The minimum atomic E-state index is -0.545. The molecule has 23 heavy (non-hydrogen) atoms. The van der Waals surface area contributed by atoms with E-state index in [4.69, 9.17) is 0 Å². The highest BCUT2D eigenvalue weighted by molar-refractivity contribution is 8.11. The van der Waals surface area contributed by atoms with Crippen molar-refractivity contribution in [2.45, 2.75) is 26.9 Å². The average Bonchev–Trinajstić information content (AvgIpc) is 2.99. The van der Waals surface area contributed by atoms with Gasteiger partial charge in [0.25, 0.3) is 0 Å². The Morgan fingerprint density at radius 1 is 1.30 bits per heavy atom. The van der Waals surface area contributed by atoms with Crippen LogP contribution in [0, 0.1) is 0 Å². The minimum Gasteiger partial charge on any atom is -0.387 e. The summed E-state index contributed by atoms with van der Waals surface area (Å²) >= 11 is 3.20. The number of rotatable bonds is 7. The van der Waals surface area contributed by atoms with Crippen molar-refractivity contribution in [3.8, 4) is 0 Å². The minimum absolute atomic E-state index is 0.439. The Labute approximate surface area is 146 Å². The molecule has 1 unspecified atom stereocenters. The van der Waals surface area contributed by atoms with Crippen LogP contribution in [0.2, 0.25) is 0 Å². The number of anilines is 1. The first kappa shape index (κ1) is 17.8. The van der Waals surface area contributed by atoms with Gasteiger partial charge in [-0.3, -0.25) is 0 Å². The summed E-state index contributed by atoms with van der Waals surface area (Å²) in [4.78, 5) is 6.82. The van der Waals surface area contributed by atoms with E-state index >= 15 is 0 Å². The summed E-state index contributed by atoms with van der Waals surface area (Å²) in [6.45, 7) is 10.6. The zero-order chi connectivity index (χ0) is 16.8. The van der Waals surface area contributed by atoms with Crippen molar-refractivity contribution < 1.29 is 5.11 Å². The molecular formula is C18H22N2OS2. The van der Waals surface area contributed by atoms with Crippen molar-refractivity contribution >= 4 is 33.1 Å². The van der Waals surface area contributed by atoms with Crippen molar-refractivity contribution in [3.05, 3.63) is 64.0 Å². The van der Waals surface area contributed by atoms with Crippen LogP contribution >= 0.6 is 23.1 Å². The van der Waals surface area contributed by atoms with E-state index < -0.39 is 6.10 Å². The molecule has 0 aliphatic heterocycles. The lowest BCUT2D eigenvalue weighted by Gasteiger charge is -2.11. The lowest BCUT2D eigenvalue weighted by atomic mass is 10.1. The zero-order valence-electron chi connectivity index (χ0n) is 13.7. The molecule has 122 valence electrons. The highest BCUT2D eigenvalue weighted by Gasteiger charge is 2.12. The van der Waals surface area contributed by atoms with Crippen LogP contribution in [-0.4, -0.2) is 16.6 Å². The lowest BCUT2D eigenvalue weighted by molar-refractivity contribution is 0.191. The number of aliphatic hydroxyl groups excluding tert-OH is 1. The van der Waals surface area contributed by atoms with Crippen molar-refractivity contribution in [3.63, 3.8) is 0 Å². The number of benzene rings is 1. The summed E-state index contributed by atoms with van der Waals surface area (Å²) in [6.07, 6.45) is -0.545. The Hall–Kier alpha value is -1.56. The van der Waals surface area contributed by atoms with E-state index in [1.54, 1.807) is 23.1 Å². The van der Waals surface area contributed by atoms with Crippen LogP contribution < -0.4 is 5.32 Å². The maximum absolute atomic E-state index is 10.2. The molecule has 5 heteroatoms. The van der Waals surface area contributed by atoms with Crippen LogP contribution in [0.1, 0.15) is 38.1 Å². The number of hydrogen-bond donors (Lipinski definition) is 2. The molecule has 0 radical (unpaired) electrons. The average molecular weight is 347 g/mol. The van der Waals surface area contributed by atoms with Crippen molar-refractivity contribution in [2.24, 2.45) is 0 Å². The van der Waals surface area contributed by atoms with Gasteiger partial charge in [0.05, 0.1) is 11.8 Å². The summed E-state index contributed by atoms with van der Waals surface area (Å²) in [5, 5.41) is 16.3. The highest BCUT2D eigenvalue weighted by Crippen LogP contribution is 2.36.